The van der Waals surface area contributed by atoms with Gasteiger partial charge in [0.05, 0.1) is 0 Å². The SMILES string of the molecule is Cc1cc(Br)ccc1C(=O)c1ccc(C(C)C)cc1. The highest BCUT2D eigenvalue weighted by molar-refractivity contribution is 9.10. The first kappa shape index (κ1) is 14.0. The van der Waals surface area contributed by atoms with Crippen molar-refractivity contribution in [2.24, 2.45) is 0 Å². The van der Waals surface area contributed by atoms with Gasteiger partial charge in [0.15, 0.2) is 5.78 Å². The summed E-state index contributed by atoms with van der Waals surface area (Å²) < 4.78 is 0.997. The van der Waals surface area contributed by atoms with Crippen molar-refractivity contribution in [1.29, 1.82) is 0 Å². The molecule has 0 aromatic heterocycles. The van der Waals surface area contributed by atoms with E-state index in [4.69, 9.17) is 0 Å². The Morgan fingerprint density at radius 1 is 1.05 bits per heavy atom. The molecule has 0 bridgehead atoms. The number of rotatable bonds is 3. The molecule has 2 aromatic rings. The van der Waals surface area contributed by atoms with Gasteiger partial charge in [-0.3, -0.25) is 4.79 Å². The fraction of sp³-hybridized carbons (Fsp3) is 0.235. The monoisotopic (exact) mass is 316 g/mol. The van der Waals surface area contributed by atoms with Crippen LogP contribution in [0.4, 0.5) is 0 Å². The maximum Gasteiger partial charge on any atom is 0.193 e. The lowest BCUT2D eigenvalue weighted by atomic mass is 9.96. The molecule has 0 radical (unpaired) electrons. The number of carbonyl (C=O) groups excluding carboxylic acids is 1. The Bertz CT molecular complexity index is 597. The minimum absolute atomic E-state index is 0.0836. The van der Waals surface area contributed by atoms with Crippen LogP contribution in [0.2, 0.25) is 0 Å². The largest absolute Gasteiger partial charge is 0.289 e. The lowest BCUT2D eigenvalue weighted by Crippen LogP contribution is -2.04. The zero-order valence-electron chi connectivity index (χ0n) is 11.4. The van der Waals surface area contributed by atoms with Crippen LogP contribution in [0.5, 0.6) is 0 Å². The predicted octanol–water partition coefficient (Wildman–Crippen LogP) is 5.11. The Hall–Kier alpha value is -1.41. The average molecular weight is 317 g/mol. The molecule has 2 rings (SSSR count). The average Bonchev–Trinajstić information content (AvgIpc) is 2.38. The van der Waals surface area contributed by atoms with E-state index in [2.05, 4.69) is 29.8 Å². The lowest BCUT2D eigenvalue weighted by molar-refractivity contribution is 0.103. The summed E-state index contributed by atoms with van der Waals surface area (Å²) in [5.41, 5.74) is 3.76. The third kappa shape index (κ3) is 3.13. The van der Waals surface area contributed by atoms with E-state index in [0.29, 0.717) is 5.92 Å². The van der Waals surface area contributed by atoms with Gasteiger partial charge in [-0.1, -0.05) is 54.0 Å². The molecule has 1 nitrogen and oxygen atoms in total. The molecule has 0 aliphatic rings. The van der Waals surface area contributed by atoms with E-state index in [-0.39, 0.29) is 5.78 Å². The van der Waals surface area contributed by atoms with Crippen LogP contribution >= 0.6 is 15.9 Å². The molecule has 0 N–H and O–H groups in total. The van der Waals surface area contributed by atoms with Gasteiger partial charge in [-0.25, -0.2) is 0 Å². The zero-order valence-corrected chi connectivity index (χ0v) is 13.0. The number of carbonyl (C=O) groups is 1. The van der Waals surface area contributed by atoms with E-state index in [1.165, 1.54) is 5.56 Å². The van der Waals surface area contributed by atoms with Crippen molar-refractivity contribution in [2.75, 3.05) is 0 Å². The third-order valence-electron chi connectivity index (χ3n) is 3.27. The first-order valence-electron chi connectivity index (χ1n) is 6.40. The molecule has 0 amide bonds. The summed E-state index contributed by atoms with van der Waals surface area (Å²) in [4.78, 5) is 12.4. The first-order valence-corrected chi connectivity index (χ1v) is 7.19. The van der Waals surface area contributed by atoms with Gasteiger partial charge in [-0.2, -0.15) is 0 Å². The molecular formula is C17H17BrO. The van der Waals surface area contributed by atoms with Crippen molar-refractivity contribution < 1.29 is 4.79 Å². The zero-order chi connectivity index (χ0) is 14.0. The van der Waals surface area contributed by atoms with Crippen LogP contribution in [0, 0.1) is 6.92 Å². The van der Waals surface area contributed by atoms with E-state index in [9.17, 15) is 4.79 Å². The van der Waals surface area contributed by atoms with Gasteiger partial charge in [0.2, 0.25) is 0 Å². The van der Waals surface area contributed by atoms with E-state index < -0.39 is 0 Å². The maximum absolute atomic E-state index is 12.4. The summed E-state index contributed by atoms with van der Waals surface area (Å²) in [6, 6.07) is 13.6. The fourth-order valence-corrected chi connectivity index (χ4v) is 2.53. The molecule has 0 atom stereocenters. The molecule has 0 aliphatic carbocycles. The molecule has 0 aliphatic heterocycles. The second-order valence-corrected chi connectivity index (χ2v) is 5.98. The number of halogens is 1. The number of aryl methyl sites for hydroxylation is 1. The van der Waals surface area contributed by atoms with E-state index in [1.807, 2.05) is 49.4 Å². The van der Waals surface area contributed by atoms with E-state index >= 15 is 0 Å². The van der Waals surface area contributed by atoms with Crippen LogP contribution in [0.15, 0.2) is 46.9 Å². The fourth-order valence-electron chi connectivity index (χ4n) is 2.06. The summed E-state index contributed by atoms with van der Waals surface area (Å²) in [7, 11) is 0. The van der Waals surface area contributed by atoms with Crippen molar-refractivity contribution in [3.8, 4) is 0 Å². The van der Waals surface area contributed by atoms with E-state index in [1.54, 1.807) is 0 Å². The highest BCUT2D eigenvalue weighted by Crippen LogP contribution is 2.20. The normalized spacial score (nSPS) is 10.8. The Kier molecular flexibility index (Phi) is 4.20. The van der Waals surface area contributed by atoms with Crippen LogP contribution < -0.4 is 0 Å². The van der Waals surface area contributed by atoms with Crippen LogP contribution in [0.25, 0.3) is 0 Å². The van der Waals surface area contributed by atoms with Gasteiger partial charge >= 0.3 is 0 Å². The first-order chi connectivity index (χ1) is 8.99. The van der Waals surface area contributed by atoms with Gasteiger partial charge in [0.1, 0.15) is 0 Å². The number of hydrogen-bond acceptors (Lipinski definition) is 1. The Morgan fingerprint density at radius 2 is 1.68 bits per heavy atom. The van der Waals surface area contributed by atoms with Crippen LogP contribution in [0.1, 0.15) is 46.8 Å². The molecule has 0 unspecified atom stereocenters. The smallest absolute Gasteiger partial charge is 0.193 e. The van der Waals surface area contributed by atoms with Gasteiger partial charge in [-0.05, 0) is 42.2 Å². The van der Waals surface area contributed by atoms with Crippen molar-refractivity contribution in [3.63, 3.8) is 0 Å². The number of hydrogen-bond donors (Lipinski definition) is 0. The standard InChI is InChI=1S/C17H17BrO/c1-11(2)13-4-6-14(7-5-13)17(19)16-9-8-15(18)10-12(16)3/h4-11H,1-3H3. The summed E-state index contributed by atoms with van der Waals surface area (Å²) in [5, 5.41) is 0. The molecule has 0 saturated carbocycles. The number of ketones is 1. The van der Waals surface area contributed by atoms with Crippen molar-refractivity contribution in [1.82, 2.24) is 0 Å². The molecule has 0 spiro atoms. The van der Waals surface area contributed by atoms with Crippen LogP contribution in [0.3, 0.4) is 0 Å². The highest BCUT2D eigenvalue weighted by atomic mass is 79.9. The predicted molar refractivity (Wildman–Crippen MR) is 82.8 cm³/mol. The van der Waals surface area contributed by atoms with Crippen molar-refractivity contribution in [2.45, 2.75) is 26.7 Å². The van der Waals surface area contributed by atoms with Gasteiger partial charge in [0.25, 0.3) is 0 Å². The molecule has 0 fully saturated rings. The molecule has 19 heavy (non-hydrogen) atoms. The molecule has 0 saturated heterocycles. The summed E-state index contributed by atoms with van der Waals surface area (Å²) in [6.45, 7) is 6.26. The number of benzene rings is 2. The Balaban J connectivity index is 2.33. The summed E-state index contributed by atoms with van der Waals surface area (Å²) >= 11 is 3.42. The summed E-state index contributed by atoms with van der Waals surface area (Å²) in [5.74, 6) is 0.568. The van der Waals surface area contributed by atoms with Crippen LogP contribution in [-0.4, -0.2) is 5.78 Å². The van der Waals surface area contributed by atoms with E-state index in [0.717, 1.165) is 21.2 Å². The molecule has 2 aromatic carbocycles. The molecular weight excluding hydrogens is 300 g/mol. The van der Waals surface area contributed by atoms with Crippen molar-refractivity contribution >= 4 is 21.7 Å². The van der Waals surface area contributed by atoms with Crippen LogP contribution in [-0.2, 0) is 0 Å². The summed E-state index contributed by atoms with van der Waals surface area (Å²) in [6.07, 6.45) is 0. The van der Waals surface area contributed by atoms with Gasteiger partial charge in [0, 0.05) is 15.6 Å². The maximum atomic E-state index is 12.4. The Morgan fingerprint density at radius 3 is 2.21 bits per heavy atom. The topological polar surface area (TPSA) is 17.1 Å². The molecule has 2 heteroatoms. The Labute approximate surface area is 122 Å². The minimum atomic E-state index is 0.0836. The molecule has 98 valence electrons. The minimum Gasteiger partial charge on any atom is -0.289 e. The third-order valence-corrected chi connectivity index (χ3v) is 3.77. The quantitative estimate of drug-likeness (QED) is 0.719. The lowest BCUT2D eigenvalue weighted by Gasteiger charge is -2.08. The van der Waals surface area contributed by atoms with Gasteiger partial charge in [-0.15, -0.1) is 0 Å². The van der Waals surface area contributed by atoms with Crippen molar-refractivity contribution in [3.05, 3.63) is 69.2 Å². The highest BCUT2D eigenvalue weighted by Gasteiger charge is 2.12. The van der Waals surface area contributed by atoms with Gasteiger partial charge < -0.3 is 0 Å². The second-order valence-electron chi connectivity index (χ2n) is 5.07. The molecule has 0 heterocycles. The second kappa shape index (κ2) is 5.70.